The third-order valence-electron chi connectivity index (χ3n) is 3.46. The van der Waals surface area contributed by atoms with Gasteiger partial charge in [0.15, 0.2) is 12.1 Å². The lowest BCUT2D eigenvalue weighted by Crippen LogP contribution is -2.38. The van der Waals surface area contributed by atoms with Gasteiger partial charge in [-0.25, -0.2) is 0 Å². The number of fused-ring (bicyclic) bond motifs is 1. The molecule has 0 bridgehead atoms. The van der Waals surface area contributed by atoms with Crippen molar-refractivity contribution in [3.63, 3.8) is 0 Å². The first kappa shape index (κ1) is 12.7. The molecule has 2 aliphatic rings. The number of rotatable bonds is 4. The Morgan fingerprint density at radius 3 is 2.75 bits per heavy atom. The molecule has 1 N–H and O–H groups in total. The van der Waals surface area contributed by atoms with Crippen LogP contribution >= 0.6 is 0 Å². The molecule has 0 amide bonds. The summed E-state index contributed by atoms with van der Waals surface area (Å²) in [7, 11) is 0. The summed E-state index contributed by atoms with van der Waals surface area (Å²) in [5.74, 6) is -0.748. The average molecular weight is 286 g/mol. The first-order valence-electron chi connectivity index (χ1n) is 7.31. The van der Waals surface area contributed by atoms with Crippen LogP contribution in [0.2, 0.25) is 0 Å². The molecule has 2 fully saturated rings. The Morgan fingerprint density at radius 1 is 1.30 bits per heavy atom. The fourth-order valence-electron chi connectivity index (χ4n) is 2.58. The van der Waals surface area contributed by atoms with Crippen LogP contribution in [0.25, 0.3) is 0 Å². The topological polar surface area (TPSA) is 57.2 Å². The third-order valence-corrected chi connectivity index (χ3v) is 3.46. The predicted molar refractivity (Wildman–Crippen MR) is 70.8 cm³/mol. The Kier molecular flexibility index (Phi) is 3.45. The van der Waals surface area contributed by atoms with Crippen molar-refractivity contribution in [2.45, 2.75) is 50.8 Å². The van der Waals surface area contributed by atoms with Gasteiger partial charge >= 0.3 is 0 Å². The molecule has 0 aromatic heterocycles. The van der Waals surface area contributed by atoms with E-state index in [1.807, 2.05) is 30.3 Å². The Bertz CT molecular complexity index is 478. The standard InChI is InChI=1S/C15H20O5/c1-15(2)19-13-12(11(8-16)18-14(13)20-15)17-9-10-6-4-3-5-7-10/h3-7,11-14,16H,8-9H2,1-2H3/t11-,12-,13-,14-/m1/s1/i8+1D,11+1,12+1,13+1,14+1/t8-,11+,12+,13+,14+/m0. The van der Waals surface area contributed by atoms with E-state index in [9.17, 15) is 5.11 Å². The largest absolute Gasteiger partial charge is 0.394 e. The van der Waals surface area contributed by atoms with Crippen molar-refractivity contribution in [3.05, 3.63) is 35.9 Å². The van der Waals surface area contributed by atoms with Crippen LogP contribution in [0.15, 0.2) is 30.3 Å². The van der Waals surface area contributed by atoms with E-state index in [0.29, 0.717) is 6.61 Å². The van der Waals surface area contributed by atoms with Gasteiger partial charge in [-0.3, -0.25) is 0 Å². The molecule has 5 nitrogen and oxygen atoms in total. The van der Waals surface area contributed by atoms with Gasteiger partial charge in [0.1, 0.15) is 18.3 Å². The minimum atomic E-state index is -1.40. The number of aliphatic hydroxyl groups excluding tert-OH is 1. The van der Waals surface area contributed by atoms with E-state index in [-0.39, 0.29) is 0 Å². The lowest BCUT2D eigenvalue weighted by molar-refractivity contribution is -0.222. The van der Waals surface area contributed by atoms with Crippen LogP contribution in [0.4, 0.5) is 0 Å². The van der Waals surface area contributed by atoms with Crippen molar-refractivity contribution < 1.29 is 25.4 Å². The highest BCUT2D eigenvalue weighted by atomic mass is 17.0. The van der Waals surface area contributed by atoms with Gasteiger partial charge in [-0.15, -0.1) is 0 Å². The van der Waals surface area contributed by atoms with E-state index in [1.54, 1.807) is 13.8 Å². The molecule has 0 aliphatic carbocycles. The fraction of sp³-hybridized carbons (Fsp3) is 0.600. The normalized spacial score (nSPS) is 37.5. The molecule has 0 unspecified atom stereocenters. The van der Waals surface area contributed by atoms with Crippen molar-refractivity contribution in [1.29, 1.82) is 0 Å². The summed E-state index contributed by atoms with van der Waals surface area (Å²) >= 11 is 0. The average Bonchev–Trinajstić information content (AvgIpc) is 2.90. The molecule has 5 heteroatoms. The zero-order chi connectivity index (χ0) is 15.0. The van der Waals surface area contributed by atoms with E-state index in [1.165, 1.54) is 0 Å². The Morgan fingerprint density at radius 2 is 2.05 bits per heavy atom. The molecule has 2 saturated heterocycles. The zero-order valence-corrected chi connectivity index (χ0v) is 11.6. The molecule has 1 aromatic rings. The molecular formula is C15H20O5. The van der Waals surface area contributed by atoms with Crippen LogP contribution in [-0.4, -0.2) is 42.1 Å². The monoisotopic (exact) mass is 286 g/mol. The lowest BCUT2D eigenvalue weighted by atomic mass is 10.2. The molecule has 0 radical (unpaired) electrons. The van der Waals surface area contributed by atoms with Crippen molar-refractivity contribution in [1.82, 2.24) is 0 Å². The lowest BCUT2D eigenvalue weighted by Gasteiger charge is -2.25. The molecule has 2 heterocycles. The van der Waals surface area contributed by atoms with E-state index < -0.39 is 37.0 Å². The number of hydrogen-bond donors (Lipinski definition) is 1. The number of hydrogen-bond acceptors (Lipinski definition) is 5. The van der Waals surface area contributed by atoms with Gasteiger partial charge in [0.25, 0.3) is 0 Å². The minimum absolute atomic E-state index is 0.366. The van der Waals surface area contributed by atoms with Crippen molar-refractivity contribution in [2.24, 2.45) is 0 Å². The Balaban J connectivity index is 1.70. The van der Waals surface area contributed by atoms with Gasteiger partial charge in [-0.2, -0.15) is 0 Å². The number of aliphatic hydroxyl groups is 1. The summed E-state index contributed by atoms with van der Waals surface area (Å²) in [6.45, 7) is 2.57. The van der Waals surface area contributed by atoms with Crippen LogP contribution in [0.5, 0.6) is 0 Å². The minimum Gasteiger partial charge on any atom is -0.394 e. The molecule has 1 aromatic carbocycles. The summed E-state index contributed by atoms with van der Waals surface area (Å²) in [4.78, 5) is 0. The summed E-state index contributed by atoms with van der Waals surface area (Å²) < 4.78 is 30.3. The van der Waals surface area contributed by atoms with Crippen LogP contribution < -0.4 is 0 Å². The number of benzene rings is 1. The predicted octanol–water partition coefficient (Wildman–Crippen LogP) is 1.44. The van der Waals surface area contributed by atoms with Crippen LogP contribution in [0.1, 0.15) is 20.8 Å². The fourth-order valence-corrected chi connectivity index (χ4v) is 2.58. The first-order chi connectivity index (χ1) is 9.96. The van der Waals surface area contributed by atoms with E-state index >= 15 is 0 Å². The second kappa shape index (κ2) is 5.42. The maximum atomic E-state index is 9.56. The van der Waals surface area contributed by atoms with E-state index in [0.717, 1.165) is 5.56 Å². The van der Waals surface area contributed by atoms with E-state index in [4.69, 9.17) is 20.3 Å². The summed E-state index contributed by atoms with van der Waals surface area (Å²) in [6.07, 6.45) is -2.36. The highest BCUT2D eigenvalue weighted by Gasteiger charge is 2.55. The highest BCUT2D eigenvalue weighted by Crippen LogP contribution is 2.38. The molecule has 110 valence electrons. The second-order valence-corrected chi connectivity index (χ2v) is 5.48. The molecule has 2 aliphatic heterocycles. The first-order valence-corrected chi connectivity index (χ1v) is 6.73. The molecule has 0 saturated carbocycles. The highest BCUT2D eigenvalue weighted by molar-refractivity contribution is 5.13. The zero-order valence-electron chi connectivity index (χ0n) is 12.6. The van der Waals surface area contributed by atoms with Crippen molar-refractivity contribution >= 4 is 0 Å². The smallest absolute Gasteiger partial charge is 0.190 e. The SMILES string of the molecule is [2H][13C@H](O)[13C@H]1O[13C@@H]2OC(C)(C)O[13C@@H]2[13C@@H]1OCc1ccccc1. The van der Waals surface area contributed by atoms with Gasteiger partial charge in [-0.1, -0.05) is 30.3 Å². The van der Waals surface area contributed by atoms with Gasteiger partial charge in [-0.05, 0) is 19.4 Å². The Hall–Kier alpha value is -0.980. The van der Waals surface area contributed by atoms with Gasteiger partial charge in [0, 0.05) is 0 Å². The maximum absolute atomic E-state index is 9.56. The van der Waals surface area contributed by atoms with Gasteiger partial charge < -0.3 is 24.1 Å². The molecule has 5 atom stereocenters. The Labute approximate surface area is 119 Å². The maximum Gasteiger partial charge on any atom is 0.190 e. The molecular weight excluding hydrogens is 265 g/mol. The quantitative estimate of drug-likeness (QED) is 0.849. The number of ether oxygens (including phenoxy) is 4. The van der Waals surface area contributed by atoms with Gasteiger partial charge in [0.2, 0.25) is 0 Å². The van der Waals surface area contributed by atoms with Crippen LogP contribution in [-0.2, 0) is 25.6 Å². The van der Waals surface area contributed by atoms with Crippen molar-refractivity contribution in [2.75, 3.05) is 6.58 Å². The molecule has 0 spiro atoms. The molecule has 20 heavy (non-hydrogen) atoms. The summed E-state index contributed by atoms with van der Waals surface area (Å²) in [5.41, 5.74) is 1.01. The van der Waals surface area contributed by atoms with Crippen LogP contribution in [0.3, 0.4) is 0 Å². The second-order valence-electron chi connectivity index (χ2n) is 5.48. The summed E-state index contributed by atoms with van der Waals surface area (Å²) in [6, 6.07) is 9.71. The summed E-state index contributed by atoms with van der Waals surface area (Å²) in [5, 5.41) is 9.56. The van der Waals surface area contributed by atoms with Gasteiger partial charge in [0.05, 0.1) is 14.6 Å². The molecule has 3 rings (SSSR count). The van der Waals surface area contributed by atoms with E-state index in [2.05, 4.69) is 0 Å². The third kappa shape index (κ3) is 2.73. The van der Waals surface area contributed by atoms with Crippen molar-refractivity contribution in [3.8, 4) is 0 Å². The van der Waals surface area contributed by atoms with Crippen LogP contribution in [0, 0.1) is 0 Å².